The minimum Gasteiger partial charge on any atom is -0.456 e. The number of para-hydroxylation sites is 2. The second kappa shape index (κ2) is 5.21. The van der Waals surface area contributed by atoms with Gasteiger partial charge in [-0.3, -0.25) is 4.98 Å². The number of aromatic nitrogens is 1. The third-order valence-corrected chi connectivity index (χ3v) is 5.19. The monoisotopic (exact) mass is 349 g/mol. The Morgan fingerprint density at radius 1 is 0.667 bits per heavy atom. The van der Waals surface area contributed by atoms with Crippen molar-refractivity contribution < 1.29 is 8.83 Å². The Morgan fingerprint density at radius 3 is 2.44 bits per heavy atom. The fourth-order valence-corrected chi connectivity index (χ4v) is 3.87. The van der Waals surface area contributed by atoms with Gasteiger partial charge in [-0.1, -0.05) is 42.5 Å². The van der Waals surface area contributed by atoms with Crippen LogP contribution in [-0.2, 0) is 0 Å². The first-order chi connectivity index (χ1) is 13.3. The lowest BCUT2D eigenvalue weighted by atomic mass is 10.1. The van der Waals surface area contributed by atoms with E-state index in [9.17, 15) is 0 Å². The minimum absolute atomic E-state index is 0.838. The maximum absolute atomic E-state index is 6.22. The van der Waals surface area contributed by atoms with Gasteiger partial charge >= 0.3 is 0 Å². The van der Waals surface area contributed by atoms with Crippen molar-refractivity contribution in [1.29, 1.82) is 0 Å². The number of nitrogens with zero attached hydrogens (tertiary/aromatic N) is 1. The van der Waals surface area contributed by atoms with Crippen molar-refractivity contribution in [2.75, 3.05) is 0 Å². The van der Waals surface area contributed by atoms with E-state index >= 15 is 0 Å². The maximum atomic E-state index is 6.22. The number of hydrogen-bond acceptors (Lipinski definition) is 3. The number of furan rings is 2. The van der Waals surface area contributed by atoms with Crippen molar-refractivity contribution in [3.8, 4) is 11.3 Å². The largest absolute Gasteiger partial charge is 0.456 e. The van der Waals surface area contributed by atoms with Gasteiger partial charge in [-0.25, -0.2) is 0 Å². The van der Waals surface area contributed by atoms with Gasteiger partial charge in [-0.15, -0.1) is 0 Å². The number of benzene rings is 3. The van der Waals surface area contributed by atoms with E-state index in [1.165, 1.54) is 5.56 Å². The predicted octanol–water partition coefficient (Wildman–Crippen LogP) is 6.86. The maximum Gasteiger partial charge on any atom is 0.144 e. The van der Waals surface area contributed by atoms with Gasteiger partial charge in [0.25, 0.3) is 0 Å². The zero-order chi connectivity index (χ0) is 18.0. The summed E-state index contributed by atoms with van der Waals surface area (Å²) < 4.78 is 12.2. The fraction of sp³-hybridized carbons (Fsp3) is 0.0417. The molecule has 6 aromatic rings. The molecule has 0 bridgehead atoms. The van der Waals surface area contributed by atoms with Crippen LogP contribution in [0.4, 0.5) is 0 Å². The van der Waals surface area contributed by atoms with Crippen LogP contribution in [0.2, 0.25) is 0 Å². The zero-order valence-electron chi connectivity index (χ0n) is 14.7. The fourth-order valence-electron chi connectivity index (χ4n) is 3.87. The molecule has 0 fully saturated rings. The first-order valence-electron chi connectivity index (χ1n) is 8.97. The van der Waals surface area contributed by atoms with E-state index in [0.717, 1.165) is 55.1 Å². The molecule has 3 aromatic heterocycles. The molecule has 0 spiro atoms. The summed E-state index contributed by atoms with van der Waals surface area (Å²) in [5, 5.41) is 4.35. The molecule has 27 heavy (non-hydrogen) atoms. The van der Waals surface area contributed by atoms with Gasteiger partial charge in [0.1, 0.15) is 22.3 Å². The summed E-state index contributed by atoms with van der Waals surface area (Å²) in [6.45, 7) is 2.07. The number of pyridine rings is 1. The van der Waals surface area contributed by atoms with Gasteiger partial charge in [0.05, 0.1) is 5.69 Å². The van der Waals surface area contributed by atoms with E-state index < -0.39 is 0 Å². The molecule has 0 atom stereocenters. The van der Waals surface area contributed by atoms with Crippen LogP contribution in [0.15, 0.2) is 81.8 Å². The Labute approximate surface area is 154 Å². The highest BCUT2D eigenvalue weighted by molar-refractivity contribution is 6.10. The topological polar surface area (TPSA) is 39.2 Å². The van der Waals surface area contributed by atoms with E-state index in [0.29, 0.717) is 0 Å². The third-order valence-electron chi connectivity index (χ3n) is 5.19. The van der Waals surface area contributed by atoms with Gasteiger partial charge < -0.3 is 8.83 Å². The second-order valence-corrected chi connectivity index (χ2v) is 6.95. The Hall–Kier alpha value is -3.59. The number of fused-ring (bicyclic) bond motifs is 6. The molecule has 128 valence electrons. The summed E-state index contributed by atoms with van der Waals surface area (Å²) in [7, 11) is 0. The van der Waals surface area contributed by atoms with Gasteiger partial charge in [-0.05, 0) is 30.7 Å². The summed E-state index contributed by atoms with van der Waals surface area (Å²) >= 11 is 0. The summed E-state index contributed by atoms with van der Waals surface area (Å²) in [5.41, 5.74) is 6.49. The highest BCUT2D eigenvalue weighted by Crippen LogP contribution is 2.37. The first kappa shape index (κ1) is 14.6. The lowest BCUT2D eigenvalue weighted by Gasteiger charge is -2.01. The normalized spacial score (nSPS) is 11.9. The Kier molecular flexibility index (Phi) is 2.81. The van der Waals surface area contributed by atoms with Crippen molar-refractivity contribution in [2.45, 2.75) is 6.92 Å². The van der Waals surface area contributed by atoms with Gasteiger partial charge in [0.15, 0.2) is 0 Å². The van der Waals surface area contributed by atoms with E-state index in [1.807, 2.05) is 36.5 Å². The zero-order valence-corrected chi connectivity index (χ0v) is 14.7. The highest BCUT2D eigenvalue weighted by Gasteiger charge is 2.15. The molecule has 0 amide bonds. The molecule has 0 saturated heterocycles. The minimum atomic E-state index is 0.838. The van der Waals surface area contributed by atoms with E-state index in [1.54, 1.807) is 0 Å². The third kappa shape index (κ3) is 2.05. The van der Waals surface area contributed by atoms with Crippen LogP contribution in [0.3, 0.4) is 0 Å². The SMILES string of the molecule is Cc1ccc2c(c1)oc1c(-c3cc4oc5ccccc5c4cn3)cccc12. The van der Waals surface area contributed by atoms with E-state index in [4.69, 9.17) is 13.8 Å². The van der Waals surface area contributed by atoms with Crippen LogP contribution in [-0.4, -0.2) is 4.98 Å². The van der Waals surface area contributed by atoms with Crippen molar-refractivity contribution >= 4 is 43.9 Å². The standard InChI is InChI=1S/C24H15NO2/c1-14-9-10-16-17-6-4-7-18(24(17)27-22(16)11-14)20-12-23-19(13-25-20)15-5-2-3-8-21(15)26-23/h2-13H,1H3. The molecule has 6 rings (SSSR count). The van der Waals surface area contributed by atoms with Crippen LogP contribution < -0.4 is 0 Å². The number of hydrogen-bond donors (Lipinski definition) is 0. The molecule has 0 aliphatic heterocycles. The average Bonchev–Trinajstić information content (AvgIpc) is 3.24. The summed E-state index contributed by atoms with van der Waals surface area (Å²) in [4.78, 5) is 4.72. The molecule has 0 aliphatic rings. The van der Waals surface area contributed by atoms with Crippen molar-refractivity contribution in [3.63, 3.8) is 0 Å². The van der Waals surface area contributed by atoms with Crippen LogP contribution in [0, 0.1) is 6.92 Å². The smallest absolute Gasteiger partial charge is 0.144 e. The Morgan fingerprint density at radius 2 is 1.48 bits per heavy atom. The lowest BCUT2D eigenvalue weighted by molar-refractivity contribution is 0.667. The van der Waals surface area contributed by atoms with Gasteiger partial charge in [0.2, 0.25) is 0 Å². The summed E-state index contributed by atoms with van der Waals surface area (Å²) in [5.74, 6) is 0. The van der Waals surface area contributed by atoms with Gasteiger partial charge in [-0.2, -0.15) is 0 Å². The van der Waals surface area contributed by atoms with Crippen molar-refractivity contribution in [1.82, 2.24) is 4.98 Å². The molecule has 3 aromatic carbocycles. The molecular formula is C24H15NO2. The summed E-state index contributed by atoms with van der Waals surface area (Å²) in [6.07, 6.45) is 1.89. The van der Waals surface area contributed by atoms with Crippen LogP contribution in [0.1, 0.15) is 5.56 Å². The predicted molar refractivity (Wildman–Crippen MR) is 109 cm³/mol. The van der Waals surface area contributed by atoms with E-state index in [2.05, 4.69) is 43.3 Å². The Balaban J connectivity index is 1.64. The molecule has 0 unspecified atom stereocenters. The molecular weight excluding hydrogens is 334 g/mol. The average molecular weight is 349 g/mol. The molecule has 0 N–H and O–H groups in total. The van der Waals surface area contributed by atoms with Crippen molar-refractivity contribution in [2.24, 2.45) is 0 Å². The van der Waals surface area contributed by atoms with Crippen LogP contribution in [0.5, 0.6) is 0 Å². The van der Waals surface area contributed by atoms with Crippen LogP contribution >= 0.6 is 0 Å². The molecule has 0 radical (unpaired) electrons. The van der Waals surface area contributed by atoms with Gasteiger partial charge in [0, 0.05) is 39.4 Å². The quantitative estimate of drug-likeness (QED) is 0.326. The van der Waals surface area contributed by atoms with E-state index in [-0.39, 0.29) is 0 Å². The highest BCUT2D eigenvalue weighted by atomic mass is 16.3. The summed E-state index contributed by atoms with van der Waals surface area (Å²) in [6, 6.07) is 22.6. The second-order valence-electron chi connectivity index (χ2n) is 6.95. The Bertz CT molecular complexity index is 1490. The molecule has 0 saturated carbocycles. The molecule has 3 nitrogen and oxygen atoms in total. The lowest BCUT2D eigenvalue weighted by Crippen LogP contribution is -1.83. The van der Waals surface area contributed by atoms with Crippen molar-refractivity contribution in [3.05, 3.63) is 78.5 Å². The molecule has 3 heterocycles. The van der Waals surface area contributed by atoms with Crippen LogP contribution in [0.25, 0.3) is 55.1 Å². The number of rotatable bonds is 1. The molecule has 0 aliphatic carbocycles. The molecule has 3 heteroatoms. The first-order valence-corrected chi connectivity index (χ1v) is 8.97. The number of aryl methyl sites for hydroxylation is 1.